The van der Waals surface area contributed by atoms with Crippen molar-refractivity contribution in [3.8, 4) is 0 Å². The normalized spacial score (nSPS) is 19.8. The van der Waals surface area contributed by atoms with Crippen LogP contribution in [-0.4, -0.2) is 5.54 Å². The lowest BCUT2D eigenvalue weighted by Crippen LogP contribution is -2.49. The van der Waals surface area contributed by atoms with E-state index in [4.69, 9.17) is 4.42 Å². The van der Waals surface area contributed by atoms with Gasteiger partial charge in [-0.05, 0) is 37.8 Å². The van der Waals surface area contributed by atoms with E-state index in [0.717, 1.165) is 12.3 Å². The van der Waals surface area contributed by atoms with Gasteiger partial charge in [0.2, 0.25) is 0 Å². The van der Waals surface area contributed by atoms with Crippen molar-refractivity contribution >= 4 is 0 Å². The average molecular weight is 179 g/mol. The SMILES string of the molecule is CCC1(NCc2ccco2)CCC1. The Morgan fingerprint density at radius 2 is 2.38 bits per heavy atom. The van der Waals surface area contributed by atoms with E-state index in [9.17, 15) is 0 Å². The van der Waals surface area contributed by atoms with Crippen LogP contribution in [0.3, 0.4) is 0 Å². The van der Waals surface area contributed by atoms with Crippen LogP contribution in [0.15, 0.2) is 22.8 Å². The zero-order valence-corrected chi connectivity index (χ0v) is 8.18. The molecule has 1 fully saturated rings. The molecule has 0 aliphatic heterocycles. The summed E-state index contributed by atoms with van der Waals surface area (Å²) >= 11 is 0. The van der Waals surface area contributed by atoms with Crippen molar-refractivity contribution in [1.82, 2.24) is 5.32 Å². The van der Waals surface area contributed by atoms with Gasteiger partial charge in [-0.15, -0.1) is 0 Å². The Kier molecular flexibility index (Phi) is 2.40. The molecule has 0 spiro atoms. The van der Waals surface area contributed by atoms with Crippen LogP contribution in [-0.2, 0) is 6.54 Å². The number of furan rings is 1. The molecular formula is C11H17NO. The molecule has 0 radical (unpaired) electrons. The Bertz CT molecular complexity index is 244. The van der Waals surface area contributed by atoms with Crippen molar-refractivity contribution in [3.05, 3.63) is 24.2 Å². The van der Waals surface area contributed by atoms with E-state index in [2.05, 4.69) is 12.2 Å². The van der Waals surface area contributed by atoms with Gasteiger partial charge in [-0.1, -0.05) is 6.92 Å². The lowest BCUT2D eigenvalue weighted by molar-refractivity contribution is 0.171. The monoisotopic (exact) mass is 179 g/mol. The lowest BCUT2D eigenvalue weighted by Gasteiger charge is -2.42. The highest BCUT2D eigenvalue weighted by Gasteiger charge is 2.34. The molecule has 1 N–H and O–H groups in total. The van der Waals surface area contributed by atoms with E-state index in [1.165, 1.54) is 25.7 Å². The maximum Gasteiger partial charge on any atom is 0.117 e. The molecular weight excluding hydrogens is 162 g/mol. The van der Waals surface area contributed by atoms with Crippen LogP contribution in [0, 0.1) is 0 Å². The third-order valence-electron chi connectivity index (χ3n) is 3.21. The molecule has 2 nitrogen and oxygen atoms in total. The number of nitrogens with one attached hydrogen (secondary N) is 1. The first-order valence-electron chi connectivity index (χ1n) is 5.12. The molecule has 2 heteroatoms. The first-order chi connectivity index (χ1) is 6.35. The Morgan fingerprint density at radius 3 is 2.85 bits per heavy atom. The van der Waals surface area contributed by atoms with Crippen LogP contribution < -0.4 is 5.32 Å². The lowest BCUT2D eigenvalue weighted by atomic mass is 9.75. The molecule has 13 heavy (non-hydrogen) atoms. The summed E-state index contributed by atoms with van der Waals surface area (Å²) in [7, 11) is 0. The van der Waals surface area contributed by atoms with E-state index in [-0.39, 0.29) is 0 Å². The van der Waals surface area contributed by atoms with Crippen LogP contribution >= 0.6 is 0 Å². The van der Waals surface area contributed by atoms with E-state index in [0.29, 0.717) is 5.54 Å². The van der Waals surface area contributed by atoms with Gasteiger partial charge < -0.3 is 9.73 Å². The van der Waals surface area contributed by atoms with Gasteiger partial charge in [0.1, 0.15) is 5.76 Å². The standard InChI is InChI=1S/C11H17NO/c1-2-11(6-4-7-11)12-9-10-5-3-8-13-10/h3,5,8,12H,2,4,6-7,9H2,1H3. The molecule has 1 heterocycles. The zero-order chi connectivity index (χ0) is 9.15. The Morgan fingerprint density at radius 1 is 1.54 bits per heavy atom. The third-order valence-corrected chi connectivity index (χ3v) is 3.21. The van der Waals surface area contributed by atoms with Crippen LogP contribution in [0.25, 0.3) is 0 Å². The van der Waals surface area contributed by atoms with E-state index in [1.54, 1.807) is 6.26 Å². The second kappa shape index (κ2) is 3.54. The smallest absolute Gasteiger partial charge is 0.117 e. The molecule has 0 amide bonds. The van der Waals surface area contributed by atoms with Crippen LogP contribution in [0.4, 0.5) is 0 Å². The van der Waals surface area contributed by atoms with Crippen molar-refractivity contribution in [1.29, 1.82) is 0 Å². The Balaban J connectivity index is 1.84. The molecule has 1 aromatic heterocycles. The van der Waals surface area contributed by atoms with Crippen LogP contribution in [0.1, 0.15) is 38.4 Å². The van der Waals surface area contributed by atoms with E-state index in [1.807, 2.05) is 12.1 Å². The Hall–Kier alpha value is -0.760. The fourth-order valence-electron chi connectivity index (χ4n) is 1.95. The molecule has 0 atom stereocenters. The summed E-state index contributed by atoms with van der Waals surface area (Å²) in [5.41, 5.74) is 0.423. The van der Waals surface area contributed by atoms with Gasteiger partial charge in [0.25, 0.3) is 0 Å². The minimum Gasteiger partial charge on any atom is -0.468 e. The average Bonchev–Trinajstić information content (AvgIpc) is 2.56. The number of hydrogen-bond acceptors (Lipinski definition) is 2. The van der Waals surface area contributed by atoms with Crippen molar-refractivity contribution < 1.29 is 4.42 Å². The van der Waals surface area contributed by atoms with Gasteiger partial charge in [-0.25, -0.2) is 0 Å². The van der Waals surface area contributed by atoms with Gasteiger partial charge >= 0.3 is 0 Å². The number of hydrogen-bond donors (Lipinski definition) is 1. The number of rotatable bonds is 4. The molecule has 0 bridgehead atoms. The van der Waals surface area contributed by atoms with Gasteiger partial charge in [0, 0.05) is 5.54 Å². The second-order valence-corrected chi connectivity index (χ2v) is 3.92. The predicted octanol–water partition coefficient (Wildman–Crippen LogP) is 2.70. The maximum atomic E-state index is 5.28. The summed E-state index contributed by atoms with van der Waals surface area (Å²) in [6, 6.07) is 3.96. The molecule has 2 rings (SSSR count). The van der Waals surface area contributed by atoms with Gasteiger partial charge in [-0.3, -0.25) is 0 Å². The van der Waals surface area contributed by atoms with Gasteiger partial charge in [-0.2, -0.15) is 0 Å². The van der Waals surface area contributed by atoms with Crippen LogP contribution in [0.5, 0.6) is 0 Å². The van der Waals surface area contributed by atoms with Gasteiger partial charge in [0.05, 0.1) is 12.8 Å². The molecule has 0 saturated heterocycles. The predicted molar refractivity (Wildman–Crippen MR) is 52.4 cm³/mol. The topological polar surface area (TPSA) is 25.2 Å². The molecule has 72 valence electrons. The summed E-state index contributed by atoms with van der Waals surface area (Å²) in [5.74, 6) is 1.04. The largest absolute Gasteiger partial charge is 0.468 e. The highest BCUT2D eigenvalue weighted by molar-refractivity contribution is 5.01. The van der Waals surface area contributed by atoms with Crippen molar-refractivity contribution in [3.63, 3.8) is 0 Å². The first kappa shape index (κ1) is 8.82. The van der Waals surface area contributed by atoms with Crippen molar-refractivity contribution in [2.24, 2.45) is 0 Å². The van der Waals surface area contributed by atoms with Crippen LogP contribution in [0.2, 0.25) is 0 Å². The second-order valence-electron chi connectivity index (χ2n) is 3.92. The fraction of sp³-hybridized carbons (Fsp3) is 0.636. The highest BCUT2D eigenvalue weighted by Crippen LogP contribution is 2.34. The molecule has 1 aliphatic carbocycles. The summed E-state index contributed by atoms with van der Waals surface area (Å²) in [5, 5.41) is 3.59. The molecule has 0 aromatic carbocycles. The van der Waals surface area contributed by atoms with E-state index < -0.39 is 0 Å². The van der Waals surface area contributed by atoms with E-state index >= 15 is 0 Å². The molecule has 1 aliphatic rings. The maximum absolute atomic E-state index is 5.28. The summed E-state index contributed by atoms with van der Waals surface area (Å²) < 4.78 is 5.28. The Labute approximate surface area is 79.3 Å². The fourth-order valence-corrected chi connectivity index (χ4v) is 1.95. The third kappa shape index (κ3) is 1.78. The minimum atomic E-state index is 0.423. The quantitative estimate of drug-likeness (QED) is 0.768. The first-order valence-corrected chi connectivity index (χ1v) is 5.12. The summed E-state index contributed by atoms with van der Waals surface area (Å²) in [6.45, 7) is 3.13. The summed E-state index contributed by atoms with van der Waals surface area (Å²) in [6.07, 6.45) is 6.98. The summed E-state index contributed by atoms with van der Waals surface area (Å²) in [4.78, 5) is 0. The zero-order valence-electron chi connectivity index (χ0n) is 8.18. The molecule has 1 aromatic rings. The van der Waals surface area contributed by atoms with Crippen molar-refractivity contribution in [2.75, 3.05) is 0 Å². The van der Waals surface area contributed by atoms with Crippen molar-refractivity contribution in [2.45, 2.75) is 44.7 Å². The molecule has 0 unspecified atom stereocenters. The minimum absolute atomic E-state index is 0.423. The molecule has 1 saturated carbocycles. The van der Waals surface area contributed by atoms with Gasteiger partial charge in [0.15, 0.2) is 0 Å². The highest BCUT2D eigenvalue weighted by atomic mass is 16.3.